The second-order valence-corrected chi connectivity index (χ2v) is 8.00. The van der Waals surface area contributed by atoms with E-state index in [2.05, 4.69) is 15.9 Å². The molecule has 3 nitrogen and oxygen atoms in total. The molecule has 134 valence electrons. The summed E-state index contributed by atoms with van der Waals surface area (Å²) < 4.78 is 12.4. The Balaban J connectivity index is 1.61. The van der Waals surface area contributed by atoms with Crippen molar-refractivity contribution in [1.82, 2.24) is 0 Å². The standard InChI is InChI=1S/C20H16BrClO3S/c1-12-7-17(8-13(2)20(12)22)24-10-16-4-3-15(25-16)5-6-18(23)19-9-14(21)11-26-19/h3-9,11H,10H2,1-2H3/b6-5+. The minimum Gasteiger partial charge on any atom is -0.486 e. The third kappa shape index (κ3) is 4.67. The Kier molecular flexibility index (Phi) is 6.01. The summed E-state index contributed by atoms with van der Waals surface area (Å²) in [6.07, 6.45) is 3.17. The van der Waals surface area contributed by atoms with Crippen molar-refractivity contribution in [3.05, 3.63) is 78.8 Å². The van der Waals surface area contributed by atoms with Crippen molar-refractivity contribution < 1.29 is 13.9 Å². The van der Waals surface area contributed by atoms with Crippen LogP contribution in [-0.2, 0) is 6.61 Å². The fourth-order valence-electron chi connectivity index (χ4n) is 2.39. The Labute approximate surface area is 169 Å². The molecule has 3 rings (SSSR count). The number of aryl methyl sites for hydroxylation is 2. The number of furan rings is 1. The molecule has 0 amide bonds. The minimum atomic E-state index is -0.0537. The van der Waals surface area contributed by atoms with E-state index >= 15 is 0 Å². The first-order valence-electron chi connectivity index (χ1n) is 7.87. The van der Waals surface area contributed by atoms with Gasteiger partial charge in [-0.05, 0) is 83.4 Å². The minimum absolute atomic E-state index is 0.0537. The van der Waals surface area contributed by atoms with Crippen LogP contribution >= 0.6 is 38.9 Å². The number of hydrogen-bond acceptors (Lipinski definition) is 4. The third-order valence-electron chi connectivity index (χ3n) is 3.68. The molecule has 0 unspecified atom stereocenters. The molecule has 0 saturated carbocycles. The molecule has 0 fully saturated rings. The van der Waals surface area contributed by atoms with E-state index in [-0.39, 0.29) is 5.78 Å². The number of thiophene rings is 1. The predicted molar refractivity (Wildman–Crippen MR) is 109 cm³/mol. The molecule has 0 aliphatic heterocycles. The Morgan fingerprint density at radius 1 is 1.27 bits per heavy atom. The number of benzene rings is 1. The van der Waals surface area contributed by atoms with E-state index in [0.29, 0.717) is 23.0 Å². The first kappa shape index (κ1) is 19.0. The van der Waals surface area contributed by atoms with Crippen LogP contribution in [0.1, 0.15) is 32.3 Å². The summed E-state index contributed by atoms with van der Waals surface area (Å²) in [5.74, 6) is 1.98. The number of hydrogen-bond donors (Lipinski definition) is 0. The summed E-state index contributed by atoms with van der Waals surface area (Å²) in [4.78, 5) is 12.7. The van der Waals surface area contributed by atoms with Crippen molar-refractivity contribution in [1.29, 1.82) is 0 Å². The third-order valence-corrected chi connectivity index (χ3v) is 5.98. The molecule has 0 atom stereocenters. The summed E-state index contributed by atoms with van der Waals surface area (Å²) >= 11 is 10.9. The molecule has 0 spiro atoms. The lowest BCUT2D eigenvalue weighted by atomic mass is 10.1. The maximum atomic E-state index is 12.1. The zero-order chi connectivity index (χ0) is 18.7. The average Bonchev–Trinajstić information content (AvgIpc) is 3.24. The maximum absolute atomic E-state index is 12.1. The van der Waals surface area contributed by atoms with Gasteiger partial charge >= 0.3 is 0 Å². The van der Waals surface area contributed by atoms with Gasteiger partial charge in [-0.3, -0.25) is 4.79 Å². The van der Waals surface area contributed by atoms with E-state index in [1.165, 1.54) is 17.4 Å². The van der Waals surface area contributed by atoms with Crippen molar-refractivity contribution in [2.75, 3.05) is 0 Å². The van der Waals surface area contributed by atoms with Gasteiger partial charge in [0.1, 0.15) is 23.9 Å². The van der Waals surface area contributed by atoms with Crippen LogP contribution < -0.4 is 4.74 Å². The normalized spacial score (nSPS) is 11.2. The first-order valence-corrected chi connectivity index (χ1v) is 9.92. The molecule has 0 aliphatic rings. The summed E-state index contributed by atoms with van der Waals surface area (Å²) in [6.45, 7) is 4.20. The number of carbonyl (C=O) groups is 1. The summed E-state index contributed by atoms with van der Waals surface area (Å²) in [6, 6.07) is 9.25. The van der Waals surface area contributed by atoms with Crippen molar-refractivity contribution in [2.24, 2.45) is 0 Å². The summed E-state index contributed by atoms with van der Waals surface area (Å²) in [5, 5.41) is 2.63. The van der Waals surface area contributed by atoms with Crippen molar-refractivity contribution in [3.8, 4) is 5.75 Å². The highest BCUT2D eigenvalue weighted by Gasteiger charge is 2.07. The molecule has 0 bridgehead atoms. The Morgan fingerprint density at radius 2 is 2.00 bits per heavy atom. The quantitative estimate of drug-likeness (QED) is 0.304. The molecule has 0 saturated heterocycles. The van der Waals surface area contributed by atoms with E-state index in [1.807, 2.05) is 43.5 Å². The fourth-order valence-corrected chi connectivity index (χ4v) is 3.84. The molecule has 0 aliphatic carbocycles. The summed E-state index contributed by atoms with van der Waals surface area (Å²) in [5.41, 5.74) is 1.95. The number of halogens is 2. The predicted octanol–water partition coefficient (Wildman–Crippen LogP) is 6.85. The van der Waals surface area contributed by atoms with Gasteiger partial charge in [0.2, 0.25) is 0 Å². The molecule has 26 heavy (non-hydrogen) atoms. The Bertz CT molecular complexity index is 948. The highest BCUT2D eigenvalue weighted by atomic mass is 79.9. The fraction of sp³-hybridized carbons (Fsp3) is 0.150. The monoisotopic (exact) mass is 450 g/mol. The topological polar surface area (TPSA) is 39.4 Å². The smallest absolute Gasteiger partial charge is 0.195 e. The molecule has 0 N–H and O–H groups in total. The van der Waals surface area contributed by atoms with E-state index in [9.17, 15) is 4.79 Å². The van der Waals surface area contributed by atoms with Gasteiger partial charge in [-0.15, -0.1) is 11.3 Å². The average molecular weight is 452 g/mol. The lowest BCUT2D eigenvalue weighted by Gasteiger charge is -2.08. The molecule has 2 aromatic heterocycles. The Hall–Kier alpha value is -1.82. The van der Waals surface area contributed by atoms with Crippen molar-refractivity contribution in [3.63, 3.8) is 0 Å². The number of rotatable bonds is 6. The van der Waals surface area contributed by atoms with Gasteiger partial charge < -0.3 is 9.15 Å². The molecule has 0 radical (unpaired) electrons. The molecule has 1 aromatic carbocycles. The molecule has 2 heterocycles. The number of ether oxygens (including phenoxy) is 1. The van der Waals surface area contributed by atoms with Crippen LogP contribution in [0.5, 0.6) is 5.75 Å². The van der Waals surface area contributed by atoms with Crippen LogP contribution in [0.25, 0.3) is 6.08 Å². The molecule has 3 aromatic rings. The van der Waals surface area contributed by atoms with Gasteiger partial charge in [0.15, 0.2) is 5.78 Å². The summed E-state index contributed by atoms with van der Waals surface area (Å²) in [7, 11) is 0. The van der Waals surface area contributed by atoms with Crippen LogP contribution in [0.2, 0.25) is 5.02 Å². The maximum Gasteiger partial charge on any atom is 0.195 e. The lowest BCUT2D eigenvalue weighted by Crippen LogP contribution is -1.95. The van der Waals surface area contributed by atoms with E-state index in [4.69, 9.17) is 20.8 Å². The van der Waals surface area contributed by atoms with Crippen molar-refractivity contribution in [2.45, 2.75) is 20.5 Å². The first-order chi connectivity index (χ1) is 12.4. The van der Waals surface area contributed by atoms with Gasteiger partial charge in [0.05, 0.1) is 4.88 Å². The highest BCUT2D eigenvalue weighted by Crippen LogP contribution is 2.26. The van der Waals surface area contributed by atoms with Gasteiger partial charge in [0.25, 0.3) is 0 Å². The molecule has 6 heteroatoms. The number of allylic oxidation sites excluding steroid dienone is 1. The zero-order valence-electron chi connectivity index (χ0n) is 14.2. The van der Waals surface area contributed by atoms with Gasteiger partial charge in [-0.1, -0.05) is 11.6 Å². The Morgan fingerprint density at radius 3 is 2.65 bits per heavy atom. The second kappa shape index (κ2) is 8.25. The number of ketones is 1. The molecular formula is C20H16BrClO3S. The van der Waals surface area contributed by atoms with E-state index in [0.717, 1.165) is 26.4 Å². The second-order valence-electron chi connectivity index (χ2n) is 5.79. The SMILES string of the molecule is Cc1cc(OCc2ccc(/C=C/C(=O)c3cc(Br)cs3)o2)cc(C)c1Cl. The van der Waals surface area contributed by atoms with Gasteiger partial charge in [-0.2, -0.15) is 0 Å². The van der Waals surface area contributed by atoms with E-state index < -0.39 is 0 Å². The highest BCUT2D eigenvalue weighted by molar-refractivity contribution is 9.10. The van der Waals surface area contributed by atoms with Crippen LogP contribution in [-0.4, -0.2) is 5.78 Å². The van der Waals surface area contributed by atoms with E-state index in [1.54, 1.807) is 12.1 Å². The number of carbonyl (C=O) groups excluding carboxylic acids is 1. The van der Waals surface area contributed by atoms with Crippen LogP contribution in [0, 0.1) is 13.8 Å². The zero-order valence-corrected chi connectivity index (χ0v) is 17.4. The molecular weight excluding hydrogens is 436 g/mol. The van der Waals surface area contributed by atoms with Crippen LogP contribution in [0.15, 0.2) is 50.7 Å². The van der Waals surface area contributed by atoms with Crippen LogP contribution in [0.3, 0.4) is 0 Å². The lowest BCUT2D eigenvalue weighted by molar-refractivity contribution is 0.105. The van der Waals surface area contributed by atoms with Gasteiger partial charge in [-0.25, -0.2) is 0 Å². The van der Waals surface area contributed by atoms with Crippen LogP contribution in [0.4, 0.5) is 0 Å². The van der Waals surface area contributed by atoms with Crippen molar-refractivity contribution >= 4 is 50.7 Å². The van der Waals surface area contributed by atoms with Gasteiger partial charge in [0, 0.05) is 14.9 Å². The largest absolute Gasteiger partial charge is 0.486 e.